The largest absolute Gasteiger partial charge is 0.300 e. The van der Waals surface area contributed by atoms with Gasteiger partial charge in [-0.15, -0.1) is 0 Å². The first kappa shape index (κ1) is 8.29. The lowest BCUT2D eigenvalue weighted by Gasteiger charge is -2.11. The van der Waals surface area contributed by atoms with Gasteiger partial charge in [0.05, 0.1) is 6.07 Å². The van der Waals surface area contributed by atoms with Crippen LogP contribution in [0.3, 0.4) is 0 Å². The van der Waals surface area contributed by atoms with E-state index in [9.17, 15) is 0 Å². The second-order valence-electron chi connectivity index (χ2n) is 3.17. The van der Waals surface area contributed by atoms with Crippen LogP contribution in [0.4, 0.5) is 0 Å². The fourth-order valence-corrected chi connectivity index (χ4v) is 0.991. The summed E-state index contributed by atoms with van der Waals surface area (Å²) in [6.45, 7) is 2.77. The van der Waals surface area contributed by atoms with Crippen LogP contribution in [0.5, 0.6) is 0 Å². The lowest BCUT2D eigenvalue weighted by atomic mass is 10.3. The van der Waals surface area contributed by atoms with E-state index in [-0.39, 0.29) is 0 Å². The average Bonchev–Trinajstić information content (AvgIpc) is 2.81. The number of allylic oxidation sites excluding steroid dienone is 1. The monoisotopic (exact) mass is 150 g/mol. The van der Waals surface area contributed by atoms with Crippen LogP contribution in [-0.2, 0) is 0 Å². The van der Waals surface area contributed by atoms with Crippen molar-refractivity contribution in [1.82, 2.24) is 4.90 Å². The van der Waals surface area contributed by atoms with Gasteiger partial charge in [-0.3, -0.25) is 4.90 Å². The Morgan fingerprint density at radius 3 is 2.82 bits per heavy atom. The Morgan fingerprint density at radius 1 is 1.73 bits per heavy atom. The molecule has 1 rings (SSSR count). The molecule has 0 saturated heterocycles. The molecule has 2 heteroatoms. The van der Waals surface area contributed by atoms with Gasteiger partial charge in [0.25, 0.3) is 0 Å². The molecule has 0 radical (unpaired) electrons. The van der Waals surface area contributed by atoms with Crippen molar-refractivity contribution >= 4 is 0 Å². The van der Waals surface area contributed by atoms with Gasteiger partial charge < -0.3 is 0 Å². The Kier molecular flexibility index (Phi) is 2.67. The van der Waals surface area contributed by atoms with Crippen LogP contribution in [0, 0.1) is 11.3 Å². The summed E-state index contributed by atoms with van der Waals surface area (Å²) in [5.74, 6) is 0. The maximum Gasteiger partial charge on any atom is 0.0941 e. The van der Waals surface area contributed by atoms with Gasteiger partial charge in [-0.2, -0.15) is 5.26 Å². The van der Waals surface area contributed by atoms with Crippen LogP contribution in [0.15, 0.2) is 11.6 Å². The summed E-state index contributed by atoms with van der Waals surface area (Å²) in [6.07, 6.45) is 4.64. The minimum absolute atomic E-state index is 0.790. The third kappa shape index (κ3) is 2.73. The highest BCUT2D eigenvalue weighted by atomic mass is 15.1. The van der Waals surface area contributed by atoms with Crippen LogP contribution >= 0.6 is 0 Å². The maximum atomic E-state index is 8.47. The fraction of sp³-hybridized carbons (Fsp3) is 0.667. The summed E-state index contributed by atoms with van der Waals surface area (Å²) in [6, 6.07) is 2.90. The molecule has 0 bridgehead atoms. The van der Waals surface area contributed by atoms with Crippen molar-refractivity contribution in [3.8, 4) is 6.07 Å². The van der Waals surface area contributed by atoms with Crippen molar-refractivity contribution < 1.29 is 0 Å². The van der Waals surface area contributed by atoms with Crippen molar-refractivity contribution in [1.29, 1.82) is 5.26 Å². The van der Waals surface area contributed by atoms with E-state index in [4.69, 9.17) is 5.26 Å². The summed E-state index contributed by atoms with van der Waals surface area (Å²) in [5.41, 5.74) is 0.817. The highest BCUT2D eigenvalue weighted by Crippen LogP contribution is 2.24. The van der Waals surface area contributed by atoms with Gasteiger partial charge in [-0.1, -0.05) is 6.08 Å². The molecule has 0 spiro atoms. The Hall–Kier alpha value is -0.810. The summed E-state index contributed by atoms with van der Waals surface area (Å²) >= 11 is 0. The molecule has 11 heavy (non-hydrogen) atoms. The van der Waals surface area contributed by atoms with E-state index < -0.39 is 0 Å². The summed E-state index contributed by atoms with van der Waals surface area (Å²) in [4.78, 5) is 2.29. The van der Waals surface area contributed by atoms with Crippen LogP contribution in [0.25, 0.3) is 0 Å². The Bertz CT molecular complexity index is 196. The third-order valence-corrected chi connectivity index (χ3v) is 2.03. The summed E-state index contributed by atoms with van der Waals surface area (Å²) in [5, 5.41) is 8.47. The van der Waals surface area contributed by atoms with Gasteiger partial charge in [0, 0.05) is 18.2 Å². The Morgan fingerprint density at radius 2 is 2.36 bits per heavy atom. The van der Waals surface area contributed by atoms with Crippen LogP contribution in [-0.4, -0.2) is 24.5 Å². The van der Waals surface area contributed by atoms with Crippen molar-refractivity contribution in [2.75, 3.05) is 13.6 Å². The van der Waals surface area contributed by atoms with E-state index >= 15 is 0 Å². The van der Waals surface area contributed by atoms with Gasteiger partial charge in [0.1, 0.15) is 0 Å². The number of hydrogen-bond donors (Lipinski definition) is 0. The molecule has 0 aromatic heterocycles. The maximum absolute atomic E-state index is 8.47. The van der Waals surface area contributed by atoms with Crippen molar-refractivity contribution in [2.45, 2.75) is 25.8 Å². The molecular weight excluding hydrogens is 136 g/mol. The molecular formula is C9H14N2. The minimum Gasteiger partial charge on any atom is -0.300 e. The first-order valence-corrected chi connectivity index (χ1v) is 4.01. The number of nitrogens with zero attached hydrogens (tertiary/aromatic N) is 2. The van der Waals surface area contributed by atoms with Gasteiger partial charge in [-0.05, 0) is 26.8 Å². The van der Waals surface area contributed by atoms with Gasteiger partial charge >= 0.3 is 0 Å². The minimum atomic E-state index is 0.790. The van der Waals surface area contributed by atoms with Gasteiger partial charge in [-0.25, -0.2) is 0 Å². The first-order chi connectivity index (χ1) is 5.24. The molecule has 1 aliphatic rings. The van der Waals surface area contributed by atoms with E-state index in [2.05, 4.69) is 18.0 Å². The predicted octanol–water partition coefficient (Wildman–Crippen LogP) is 1.55. The quantitative estimate of drug-likeness (QED) is 0.571. The van der Waals surface area contributed by atoms with Gasteiger partial charge in [0.15, 0.2) is 0 Å². The lowest BCUT2D eigenvalue weighted by Crippen LogP contribution is -2.20. The van der Waals surface area contributed by atoms with E-state index in [1.54, 1.807) is 0 Å². The Balaban J connectivity index is 2.25. The molecule has 1 aliphatic carbocycles. The second kappa shape index (κ2) is 3.54. The molecule has 0 heterocycles. The molecule has 60 valence electrons. The molecule has 0 aliphatic heterocycles. The fourth-order valence-electron chi connectivity index (χ4n) is 0.991. The van der Waals surface area contributed by atoms with Crippen LogP contribution < -0.4 is 0 Å². The molecule has 0 amide bonds. The van der Waals surface area contributed by atoms with Crippen molar-refractivity contribution in [3.05, 3.63) is 11.6 Å². The third-order valence-electron chi connectivity index (χ3n) is 2.03. The van der Waals surface area contributed by atoms with Crippen molar-refractivity contribution in [2.24, 2.45) is 0 Å². The highest BCUT2D eigenvalue weighted by molar-refractivity contribution is 5.17. The first-order valence-electron chi connectivity index (χ1n) is 4.01. The molecule has 0 aromatic rings. The van der Waals surface area contributed by atoms with Crippen LogP contribution in [0.2, 0.25) is 0 Å². The zero-order chi connectivity index (χ0) is 8.27. The SMILES string of the molecule is C/C(C#N)=C/CN(C)C1CC1. The molecule has 0 unspecified atom stereocenters. The molecule has 0 aromatic carbocycles. The van der Waals surface area contributed by atoms with Gasteiger partial charge in [0.2, 0.25) is 0 Å². The topological polar surface area (TPSA) is 27.0 Å². The zero-order valence-corrected chi connectivity index (χ0v) is 7.17. The molecule has 1 saturated carbocycles. The summed E-state index contributed by atoms with van der Waals surface area (Å²) in [7, 11) is 2.11. The summed E-state index contributed by atoms with van der Waals surface area (Å²) < 4.78 is 0. The molecule has 0 N–H and O–H groups in total. The highest BCUT2D eigenvalue weighted by Gasteiger charge is 2.24. The standard InChI is InChI=1S/C9H14N2/c1-8(7-10)5-6-11(2)9-3-4-9/h5,9H,3-4,6H2,1-2H3/b8-5-. The van der Waals surface area contributed by atoms with E-state index in [1.807, 2.05) is 13.0 Å². The second-order valence-corrected chi connectivity index (χ2v) is 3.17. The molecule has 1 fully saturated rings. The Labute approximate surface area is 68.1 Å². The average molecular weight is 150 g/mol. The van der Waals surface area contributed by atoms with E-state index in [1.165, 1.54) is 12.8 Å². The molecule has 2 nitrogen and oxygen atoms in total. The van der Waals surface area contributed by atoms with Crippen LogP contribution in [0.1, 0.15) is 19.8 Å². The molecule has 0 atom stereocenters. The zero-order valence-electron chi connectivity index (χ0n) is 7.17. The smallest absolute Gasteiger partial charge is 0.0941 e. The number of hydrogen-bond acceptors (Lipinski definition) is 2. The normalized spacial score (nSPS) is 18.5. The number of rotatable bonds is 3. The lowest BCUT2D eigenvalue weighted by molar-refractivity contribution is 0.360. The number of nitriles is 1. The van der Waals surface area contributed by atoms with E-state index in [0.717, 1.165) is 18.2 Å². The number of likely N-dealkylation sites (N-methyl/N-ethyl adjacent to an activating group) is 1. The van der Waals surface area contributed by atoms with E-state index in [0.29, 0.717) is 0 Å². The predicted molar refractivity (Wildman–Crippen MR) is 45.0 cm³/mol. The van der Waals surface area contributed by atoms with Crippen molar-refractivity contribution in [3.63, 3.8) is 0 Å².